The standard InChI is InChI=1S/C36H21BrN2O/c37-32-30-21-25(18-20-31(30)40-35(32)28-16-8-13-22-9-4-6-14-26(22)28)36-38-33(24-11-2-1-3-12-24)29-19-17-23-10-5-7-15-27(23)34(29)39-36/h1-21H. The van der Waals surface area contributed by atoms with Gasteiger partial charge in [0.1, 0.15) is 11.3 Å². The number of nitrogens with zero attached hydrogens (tertiary/aromatic N) is 2. The Labute approximate surface area is 238 Å². The van der Waals surface area contributed by atoms with Gasteiger partial charge in [0.25, 0.3) is 0 Å². The van der Waals surface area contributed by atoms with E-state index in [4.69, 9.17) is 14.4 Å². The summed E-state index contributed by atoms with van der Waals surface area (Å²) < 4.78 is 7.34. The molecule has 2 aromatic heterocycles. The van der Waals surface area contributed by atoms with Crippen LogP contribution in [0.25, 0.3) is 77.4 Å². The predicted octanol–water partition coefficient (Wildman–Crippen LogP) is 10.4. The van der Waals surface area contributed by atoms with Gasteiger partial charge in [-0.05, 0) is 56.4 Å². The van der Waals surface area contributed by atoms with E-state index in [1.165, 1.54) is 5.39 Å². The van der Waals surface area contributed by atoms with E-state index in [1.54, 1.807) is 0 Å². The van der Waals surface area contributed by atoms with E-state index in [1.807, 2.05) is 30.3 Å². The number of benzene rings is 6. The summed E-state index contributed by atoms with van der Waals surface area (Å²) in [6, 6.07) is 43.9. The second kappa shape index (κ2) is 9.15. The molecule has 0 bridgehead atoms. The molecular weight excluding hydrogens is 556 g/mol. The maximum Gasteiger partial charge on any atom is 0.160 e. The highest BCUT2D eigenvalue weighted by molar-refractivity contribution is 9.10. The zero-order valence-corrected chi connectivity index (χ0v) is 22.9. The number of rotatable bonds is 3. The summed E-state index contributed by atoms with van der Waals surface area (Å²) in [7, 11) is 0. The molecule has 6 aromatic carbocycles. The fraction of sp³-hybridized carbons (Fsp3) is 0. The number of hydrogen-bond acceptors (Lipinski definition) is 3. The Bertz CT molecular complexity index is 2230. The SMILES string of the molecule is Brc1c(-c2cccc3ccccc23)oc2ccc(-c3nc(-c4ccccc4)c4ccc5ccccc5c4n3)cc12. The minimum atomic E-state index is 0.685. The normalized spacial score (nSPS) is 11.6. The van der Waals surface area contributed by atoms with Crippen molar-refractivity contribution in [2.24, 2.45) is 0 Å². The van der Waals surface area contributed by atoms with Crippen LogP contribution in [0, 0.1) is 0 Å². The molecule has 8 rings (SSSR count). The van der Waals surface area contributed by atoms with Crippen LogP contribution in [-0.4, -0.2) is 9.97 Å². The molecule has 0 aliphatic rings. The van der Waals surface area contributed by atoms with E-state index in [2.05, 4.69) is 113 Å². The Hall–Kier alpha value is -4.80. The molecule has 2 heterocycles. The van der Waals surface area contributed by atoms with Gasteiger partial charge in [-0.15, -0.1) is 0 Å². The van der Waals surface area contributed by atoms with E-state index in [0.717, 1.165) is 70.6 Å². The average molecular weight is 577 g/mol. The third-order valence-electron chi connectivity index (χ3n) is 7.56. The van der Waals surface area contributed by atoms with Crippen molar-refractivity contribution in [2.75, 3.05) is 0 Å². The second-order valence-electron chi connectivity index (χ2n) is 9.93. The van der Waals surface area contributed by atoms with Gasteiger partial charge < -0.3 is 4.42 Å². The highest BCUT2D eigenvalue weighted by Gasteiger charge is 2.19. The predicted molar refractivity (Wildman–Crippen MR) is 168 cm³/mol. The minimum absolute atomic E-state index is 0.685. The molecular formula is C36H21BrN2O. The van der Waals surface area contributed by atoms with Crippen LogP contribution in [0.5, 0.6) is 0 Å². The number of fused-ring (bicyclic) bond motifs is 5. The molecule has 0 unspecified atom stereocenters. The molecule has 4 heteroatoms. The largest absolute Gasteiger partial charge is 0.455 e. The Kier molecular flexibility index (Phi) is 5.29. The van der Waals surface area contributed by atoms with Gasteiger partial charge in [-0.25, -0.2) is 9.97 Å². The first-order chi connectivity index (χ1) is 19.7. The van der Waals surface area contributed by atoms with Gasteiger partial charge >= 0.3 is 0 Å². The molecule has 0 aliphatic carbocycles. The third kappa shape index (κ3) is 3.64. The molecule has 0 fully saturated rings. The average Bonchev–Trinajstić information content (AvgIpc) is 3.35. The van der Waals surface area contributed by atoms with Gasteiger partial charge in [0, 0.05) is 32.8 Å². The minimum Gasteiger partial charge on any atom is -0.455 e. The van der Waals surface area contributed by atoms with Crippen LogP contribution in [-0.2, 0) is 0 Å². The van der Waals surface area contributed by atoms with Crippen LogP contribution in [0.3, 0.4) is 0 Å². The van der Waals surface area contributed by atoms with E-state index in [9.17, 15) is 0 Å². The van der Waals surface area contributed by atoms with Gasteiger partial charge in [-0.2, -0.15) is 0 Å². The molecule has 0 atom stereocenters. The number of furan rings is 1. The molecule has 0 spiro atoms. The van der Waals surface area contributed by atoms with Crippen LogP contribution >= 0.6 is 15.9 Å². The Morgan fingerprint density at radius 3 is 2.10 bits per heavy atom. The summed E-state index contributed by atoms with van der Waals surface area (Å²) in [6.45, 7) is 0. The molecule has 0 saturated carbocycles. The molecule has 3 nitrogen and oxygen atoms in total. The van der Waals surface area contributed by atoms with E-state index < -0.39 is 0 Å². The van der Waals surface area contributed by atoms with Gasteiger partial charge in [0.15, 0.2) is 5.82 Å². The molecule has 0 N–H and O–H groups in total. The van der Waals surface area contributed by atoms with Crippen molar-refractivity contribution >= 4 is 59.3 Å². The monoisotopic (exact) mass is 576 g/mol. The lowest BCUT2D eigenvalue weighted by molar-refractivity contribution is 0.630. The first-order valence-electron chi connectivity index (χ1n) is 13.2. The Balaban J connectivity index is 1.36. The fourth-order valence-electron chi connectivity index (χ4n) is 5.61. The molecule has 40 heavy (non-hydrogen) atoms. The summed E-state index contributed by atoms with van der Waals surface area (Å²) in [5.41, 5.74) is 5.75. The van der Waals surface area contributed by atoms with E-state index in [-0.39, 0.29) is 0 Å². The maximum absolute atomic E-state index is 6.42. The third-order valence-corrected chi connectivity index (χ3v) is 8.35. The van der Waals surface area contributed by atoms with Crippen molar-refractivity contribution in [1.29, 1.82) is 0 Å². The van der Waals surface area contributed by atoms with Crippen LogP contribution in [0.4, 0.5) is 0 Å². The van der Waals surface area contributed by atoms with Crippen LogP contribution in [0.2, 0.25) is 0 Å². The van der Waals surface area contributed by atoms with Crippen molar-refractivity contribution in [3.8, 4) is 34.0 Å². The lowest BCUT2D eigenvalue weighted by Crippen LogP contribution is -1.96. The maximum atomic E-state index is 6.42. The Morgan fingerprint density at radius 1 is 0.525 bits per heavy atom. The van der Waals surface area contributed by atoms with E-state index in [0.29, 0.717) is 5.82 Å². The summed E-state index contributed by atoms with van der Waals surface area (Å²) >= 11 is 3.87. The molecule has 0 radical (unpaired) electrons. The number of halogens is 1. The van der Waals surface area contributed by atoms with Crippen molar-refractivity contribution in [3.05, 3.63) is 132 Å². The zero-order valence-electron chi connectivity index (χ0n) is 21.3. The van der Waals surface area contributed by atoms with Gasteiger partial charge in [0.05, 0.1) is 15.7 Å². The first kappa shape index (κ1) is 23.1. The fourth-order valence-corrected chi connectivity index (χ4v) is 6.22. The smallest absolute Gasteiger partial charge is 0.160 e. The van der Waals surface area contributed by atoms with Gasteiger partial charge in [0.2, 0.25) is 0 Å². The lowest BCUT2D eigenvalue weighted by atomic mass is 10.0. The van der Waals surface area contributed by atoms with Crippen molar-refractivity contribution in [1.82, 2.24) is 9.97 Å². The van der Waals surface area contributed by atoms with Crippen molar-refractivity contribution < 1.29 is 4.42 Å². The number of aromatic nitrogens is 2. The number of hydrogen-bond donors (Lipinski definition) is 0. The summed E-state index contributed by atoms with van der Waals surface area (Å²) in [5.74, 6) is 1.50. The van der Waals surface area contributed by atoms with Crippen LogP contribution in [0.1, 0.15) is 0 Å². The molecule has 0 aliphatic heterocycles. The van der Waals surface area contributed by atoms with Crippen molar-refractivity contribution in [2.45, 2.75) is 0 Å². The topological polar surface area (TPSA) is 38.9 Å². The molecule has 0 saturated heterocycles. The van der Waals surface area contributed by atoms with Gasteiger partial charge in [-0.1, -0.05) is 103 Å². The summed E-state index contributed by atoms with van der Waals surface area (Å²) in [4.78, 5) is 10.3. The lowest BCUT2D eigenvalue weighted by Gasteiger charge is -2.11. The highest BCUT2D eigenvalue weighted by atomic mass is 79.9. The first-order valence-corrected chi connectivity index (χ1v) is 14.0. The Morgan fingerprint density at radius 2 is 1.25 bits per heavy atom. The summed E-state index contributed by atoms with van der Waals surface area (Å²) in [5, 5.41) is 6.64. The summed E-state index contributed by atoms with van der Waals surface area (Å²) in [6.07, 6.45) is 0. The second-order valence-corrected chi connectivity index (χ2v) is 10.7. The highest BCUT2D eigenvalue weighted by Crippen LogP contribution is 2.42. The van der Waals surface area contributed by atoms with Crippen LogP contribution < -0.4 is 0 Å². The van der Waals surface area contributed by atoms with E-state index >= 15 is 0 Å². The van der Waals surface area contributed by atoms with Crippen molar-refractivity contribution in [3.63, 3.8) is 0 Å². The van der Waals surface area contributed by atoms with Gasteiger partial charge in [-0.3, -0.25) is 0 Å². The molecule has 0 amide bonds. The molecule has 8 aromatic rings. The zero-order chi connectivity index (χ0) is 26.6. The quantitative estimate of drug-likeness (QED) is 0.196. The van der Waals surface area contributed by atoms with Crippen LogP contribution in [0.15, 0.2) is 136 Å². The molecule has 188 valence electrons.